The Kier molecular flexibility index (Phi) is 4.12. The van der Waals surface area contributed by atoms with Gasteiger partial charge in [0.25, 0.3) is 0 Å². The van der Waals surface area contributed by atoms with E-state index in [1.807, 2.05) is 50.2 Å². The molecule has 2 aromatic rings. The highest BCUT2D eigenvalue weighted by Crippen LogP contribution is 2.29. The highest BCUT2D eigenvalue weighted by atomic mass is 16.3. The number of hydrogen-bond acceptors (Lipinski definition) is 4. The van der Waals surface area contributed by atoms with Gasteiger partial charge in [-0.15, -0.1) is 0 Å². The first-order valence-electron chi connectivity index (χ1n) is 6.35. The Morgan fingerprint density at radius 2 is 2.16 bits per heavy atom. The lowest BCUT2D eigenvalue weighted by Crippen LogP contribution is -2.16. The molecule has 0 aliphatic heterocycles. The zero-order chi connectivity index (χ0) is 13.8. The van der Waals surface area contributed by atoms with Crippen molar-refractivity contribution in [1.82, 2.24) is 5.32 Å². The van der Waals surface area contributed by atoms with Crippen molar-refractivity contribution in [1.29, 1.82) is 0 Å². The zero-order valence-corrected chi connectivity index (χ0v) is 11.6. The predicted molar refractivity (Wildman–Crippen MR) is 76.4 cm³/mol. The molecule has 1 unspecified atom stereocenters. The van der Waals surface area contributed by atoms with E-state index in [2.05, 4.69) is 5.32 Å². The molecule has 1 heterocycles. The first-order valence-corrected chi connectivity index (χ1v) is 6.35. The summed E-state index contributed by atoms with van der Waals surface area (Å²) < 4.78 is 5.32. The Morgan fingerprint density at radius 1 is 1.37 bits per heavy atom. The second-order valence-electron chi connectivity index (χ2n) is 4.69. The third-order valence-electron chi connectivity index (χ3n) is 3.33. The summed E-state index contributed by atoms with van der Waals surface area (Å²) in [7, 11) is 3.85. The highest BCUT2D eigenvalue weighted by molar-refractivity contribution is 5.53. The minimum Gasteiger partial charge on any atom is -0.508 e. The van der Waals surface area contributed by atoms with E-state index in [4.69, 9.17) is 4.42 Å². The van der Waals surface area contributed by atoms with Crippen molar-refractivity contribution in [3.63, 3.8) is 0 Å². The molecule has 2 rings (SSSR count). The SMILES string of the molecule is CNC(C)c1ccc(N(C)Cc2ccco2)cc1O. The number of aromatic hydroxyl groups is 1. The summed E-state index contributed by atoms with van der Waals surface area (Å²) in [5.41, 5.74) is 1.86. The van der Waals surface area contributed by atoms with Crippen LogP contribution in [0.5, 0.6) is 5.75 Å². The fourth-order valence-corrected chi connectivity index (χ4v) is 2.02. The molecule has 102 valence electrons. The molecule has 4 heteroatoms. The molecule has 0 bridgehead atoms. The topological polar surface area (TPSA) is 48.6 Å². The average Bonchev–Trinajstić information content (AvgIpc) is 2.90. The summed E-state index contributed by atoms with van der Waals surface area (Å²) in [5.74, 6) is 1.21. The summed E-state index contributed by atoms with van der Waals surface area (Å²) >= 11 is 0. The van der Waals surface area contributed by atoms with E-state index >= 15 is 0 Å². The van der Waals surface area contributed by atoms with Crippen LogP contribution in [0.15, 0.2) is 41.0 Å². The van der Waals surface area contributed by atoms with Crippen LogP contribution in [0, 0.1) is 0 Å². The number of benzene rings is 1. The van der Waals surface area contributed by atoms with Gasteiger partial charge >= 0.3 is 0 Å². The van der Waals surface area contributed by atoms with Crippen LogP contribution in [-0.2, 0) is 6.54 Å². The molecular formula is C15H20N2O2. The molecule has 0 spiro atoms. The first kappa shape index (κ1) is 13.5. The number of nitrogens with one attached hydrogen (secondary N) is 1. The quantitative estimate of drug-likeness (QED) is 0.868. The molecule has 0 saturated carbocycles. The van der Waals surface area contributed by atoms with Gasteiger partial charge in [0.15, 0.2) is 0 Å². The number of anilines is 1. The van der Waals surface area contributed by atoms with Crippen LogP contribution in [0.25, 0.3) is 0 Å². The Bertz CT molecular complexity index is 523. The van der Waals surface area contributed by atoms with Gasteiger partial charge in [-0.25, -0.2) is 0 Å². The molecule has 19 heavy (non-hydrogen) atoms. The van der Waals surface area contributed by atoms with Crippen LogP contribution in [0.1, 0.15) is 24.3 Å². The summed E-state index contributed by atoms with van der Waals surface area (Å²) in [6.45, 7) is 2.69. The highest BCUT2D eigenvalue weighted by Gasteiger charge is 2.11. The van der Waals surface area contributed by atoms with Crippen LogP contribution in [0.3, 0.4) is 0 Å². The van der Waals surface area contributed by atoms with Crippen molar-refractivity contribution < 1.29 is 9.52 Å². The lowest BCUT2D eigenvalue weighted by Gasteiger charge is -2.20. The normalized spacial score (nSPS) is 12.4. The van der Waals surface area contributed by atoms with Gasteiger partial charge in [-0.2, -0.15) is 0 Å². The summed E-state index contributed by atoms with van der Waals surface area (Å²) in [5, 5.41) is 13.2. The average molecular weight is 260 g/mol. The number of nitrogens with zero attached hydrogens (tertiary/aromatic N) is 1. The number of phenolic OH excluding ortho intramolecular Hbond substituents is 1. The second kappa shape index (κ2) is 5.80. The smallest absolute Gasteiger partial charge is 0.123 e. The first-order chi connectivity index (χ1) is 9.11. The molecule has 1 aromatic carbocycles. The standard InChI is InChI=1S/C15H20N2O2/c1-11(16-2)14-7-6-12(9-15(14)18)17(3)10-13-5-4-8-19-13/h4-9,11,16,18H,10H2,1-3H3. The molecule has 2 N–H and O–H groups in total. The van der Waals surface area contributed by atoms with Crippen molar-refractivity contribution in [3.05, 3.63) is 47.9 Å². The van der Waals surface area contributed by atoms with Gasteiger partial charge in [0.2, 0.25) is 0 Å². The molecule has 1 atom stereocenters. The molecule has 0 aliphatic rings. The van der Waals surface area contributed by atoms with Gasteiger partial charge in [-0.05, 0) is 32.2 Å². The van der Waals surface area contributed by atoms with E-state index in [0.29, 0.717) is 12.3 Å². The maximum atomic E-state index is 10.1. The van der Waals surface area contributed by atoms with Gasteiger partial charge in [-0.3, -0.25) is 0 Å². The van der Waals surface area contributed by atoms with Gasteiger partial charge in [0, 0.05) is 30.4 Å². The molecule has 0 radical (unpaired) electrons. The van der Waals surface area contributed by atoms with Gasteiger partial charge in [-0.1, -0.05) is 6.07 Å². The maximum absolute atomic E-state index is 10.1. The predicted octanol–water partition coefficient (Wildman–Crippen LogP) is 2.90. The third-order valence-corrected chi connectivity index (χ3v) is 3.33. The largest absolute Gasteiger partial charge is 0.508 e. The number of phenols is 1. The van der Waals surface area contributed by atoms with E-state index in [-0.39, 0.29) is 6.04 Å². The van der Waals surface area contributed by atoms with E-state index in [1.54, 1.807) is 12.3 Å². The Labute approximate surface area is 113 Å². The summed E-state index contributed by atoms with van der Waals surface area (Å²) in [6, 6.07) is 9.68. The Hall–Kier alpha value is -1.94. The number of rotatable bonds is 5. The monoisotopic (exact) mass is 260 g/mol. The lowest BCUT2D eigenvalue weighted by atomic mass is 10.1. The fourth-order valence-electron chi connectivity index (χ4n) is 2.02. The minimum atomic E-state index is 0.129. The van der Waals surface area contributed by atoms with Crippen molar-refractivity contribution in [2.45, 2.75) is 19.5 Å². The molecule has 0 aliphatic carbocycles. The maximum Gasteiger partial charge on any atom is 0.123 e. The fraction of sp³-hybridized carbons (Fsp3) is 0.333. The summed E-state index contributed by atoms with van der Waals surface area (Å²) in [4.78, 5) is 2.03. The van der Waals surface area contributed by atoms with Crippen molar-refractivity contribution >= 4 is 5.69 Å². The number of furan rings is 1. The van der Waals surface area contributed by atoms with E-state index in [1.165, 1.54) is 0 Å². The van der Waals surface area contributed by atoms with Gasteiger partial charge in [0.1, 0.15) is 11.5 Å². The molecule has 4 nitrogen and oxygen atoms in total. The third kappa shape index (κ3) is 3.09. The van der Waals surface area contributed by atoms with Crippen LogP contribution in [-0.4, -0.2) is 19.2 Å². The van der Waals surface area contributed by atoms with Crippen molar-refractivity contribution in [2.24, 2.45) is 0 Å². The van der Waals surface area contributed by atoms with E-state index in [0.717, 1.165) is 17.0 Å². The second-order valence-corrected chi connectivity index (χ2v) is 4.69. The molecule has 0 amide bonds. The Balaban J connectivity index is 2.15. The number of hydrogen-bond donors (Lipinski definition) is 2. The molecule has 0 saturated heterocycles. The lowest BCUT2D eigenvalue weighted by molar-refractivity contribution is 0.457. The van der Waals surface area contributed by atoms with Crippen LogP contribution in [0.4, 0.5) is 5.69 Å². The molecule has 0 fully saturated rings. The molecule has 1 aromatic heterocycles. The van der Waals surface area contributed by atoms with Gasteiger partial charge < -0.3 is 19.7 Å². The van der Waals surface area contributed by atoms with E-state index < -0.39 is 0 Å². The van der Waals surface area contributed by atoms with Crippen LogP contribution in [0.2, 0.25) is 0 Å². The Morgan fingerprint density at radius 3 is 2.74 bits per heavy atom. The zero-order valence-electron chi connectivity index (χ0n) is 11.6. The van der Waals surface area contributed by atoms with E-state index in [9.17, 15) is 5.11 Å². The van der Waals surface area contributed by atoms with Crippen molar-refractivity contribution in [3.8, 4) is 5.75 Å². The molecular weight excluding hydrogens is 240 g/mol. The summed E-state index contributed by atoms with van der Waals surface area (Å²) in [6.07, 6.45) is 1.67. The van der Waals surface area contributed by atoms with Gasteiger partial charge in [0.05, 0.1) is 12.8 Å². The van der Waals surface area contributed by atoms with Crippen LogP contribution >= 0.6 is 0 Å². The van der Waals surface area contributed by atoms with Crippen molar-refractivity contribution in [2.75, 3.05) is 19.0 Å². The van der Waals surface area contributed by atoms with Crippen LogP contribution < -0.4 is 10.2 Å². The minimum absolute atomic E-state index is 0.129.